The standard InChI is InChI=1S/C20H26N2O2/c1-4-6-11-18(5-2)21-19(23)20(3,24)15-22-13-12-16-9-7-8-10-17(16)14-22/h4-11,24H,2,12-15H2,1,3H3,(H,21,23)/b6-4-,18-11+. The largest absolute Gasteiger partial charge is 0.379 e. The average molecular weight is 326 g/mol. The number of nitrogens with one attached hydrogen (secondary N) is 1. The van der Waals surface area contributed by atoms with Crippen molar-refractivity contribution >= 4 is 5.91 Å². The van der Waals surface area contributed by atoms with Gasteiger partial charge in [0, 0.05) is 25.3 Å². The van der Waals surface area contributed by atoms with Gasteiger partial charge in [0.05, 0.1) is 0 Å². The van der Waals surface area contributed by atoms with Gasteiger partial charge in [0.2, 0.25) is 0 Å². The molecule has 2 rings (SSSR count). The summed E-state index contributed by atoms with van der Waals surface area (Å²) in [7, 11) is 0. The average Bonchev–Trinajstić information content (AvgIpc) is 2.57. The van der Waals surface area contributed by atoms with E-state index in [9.17, 15) is 9.90 Å². The molecule has 1 aromatic rings. The van der Waals surface area contributed by atoms with Crippen LogP contribution in [0.15, 0.2) is 60.8 Å². The summed E-state index contributed by atoms with van der Waals surface area (Å²) in [6, 6.07) is 8.31. The number of fused-ring (bicyclic) bond motifs is 1. The molecule has 24 heavy (non-hydrogen) atoms. The minimum Gasteiger partial charge on any atom is -0.379 e. The van der Waals surface area contributed by atoms with Crippen LogP contribution in [-0.4, -0.2) is 34.6 Å². The quantitative estimate of drug-likeness (QED) is 0.790. The normalized spacial score (nSPS) is 18.0. The summed E-state index contributed by atoms with van der Waals surface area (Å²) < 4.78 is 0. The topological polar surface area (TPSA) is 52.6 Å². The second-order valence-electron chi connectivity index (χ2n) is 6.31. The van der Waals surface area contributed by atoms with Gasteiger partial charge in [0.15, 0.2) is 5.60 Å². The van der Waals surface area contributed by atoms with Crippen LogP contribution < -0.4 is 5.32 Å². The highest BCUT2D eigenvalue weighted by atomic mass is 16.3. The minimum absolute atomic E-state index is 0.293. The number of rotatable bonds is 6. The monoisotopic (exact) mass is 326 g/mol. The zero-order valence-electron chi connectivity index (χ0n) is 14.5. The van der Waals surface area contributed by atoms with Gasteiger partial charge in [-0.15, -0.1) is 0 Å². The van der Waals surface area contributed by atoms with Crippen molar-refractivity contribution in [3.05, 3.63) is 72.0 Å². The Morgan fingerprint density at radius 2 is 2.12 bits per heavy atom. The second kappa shape index (κ2) is 8.08. The van der Waals surface area contributed by atoms with Crippen molar-refractivity contribution in [3.63, 3.8) is 0 Å². The fourth-order valence-corrected chi connectivity index (χ4v) is 2.82. The smallest absolute Gasteiger partial charge is 0.257 e. The van der Waals surface area contributed by atoms with E-state index >= 15 is 0 Å². The highest BCUT2D eigenvalue weighted by molar-refractivity contribution is 5.86. The zero-order chi connectivity index (χ0) is 17.6. The van der Waals surface area contributed by atoms with E-state index in [1.54, 1.807) is 19.1 Å². The first-order valence-electron chi connectivity index (χ1n) is 8.24. The summed E-state index contributed by atoms with van der Waals surface area (Å²) in [6.07, 6.45) is 7.92. The number of amides is 1. The molecular formula is C20H26N2O2. The summed E-state index contributed by atoms with van der Waals surface area (Å²) in [5.74, 6) is -0.419. The lowest BCUT2D eigenvalue weighted by atomic mass is 9.97. The minimum atomic E-state index is -1.47. The van der Waals surface area contributed by atoms with Gasteiger partial charge in [-0.1, -0.05) is 43.0 Å². The maximum absolute atomic E-state index is 12.4. The van der Waals surface area contributed by atoms with Crippen LogP contribution in [0.3, 0.4) is 0 Å². The molecule has 0 fully saturated rings. The Hall–Kier alpha value is -2.17. The Balaban J connectivity index is 2.00. The van der Waals surface area contributed by atoms with E-state index in [4.69, 9.17) is 0 Å². The van der Waals surface area contributed by atoms with Crippen molar-refractivity contribution in [2.45, 2.75) is 32.4 Å². The van der Waals surface area contributed by atoms with E-state index in [0.717, 1.165) is 19.5 Å². The number of hydrogen-bond acceptors (Lipinski definition) is 3. The number of allylic oxidation sites excluding steroid dienone is 4. The molecule has 1 amide bonds. The Bertz CT molecular complexity index is 659. The van der Waals surface area contributed by atoms with Crippen LogP contribution in [0.1, 0.15) is 25.0 Å². The summed E-state index contributed by atoms with van der Waals surface area (Å²) in [4.78, 5) is 14.5. The highest BCUT2D eigenvalue weighted by Crippen LogP contribution is 2.20. The molecule has 0 saturated heterocycles. The summed E-state index contributed by atoms with van der Waals surface area (Å²) in [5, 5.41) is 13.3. The first kappa shape index (κ1) is 18.2. The second-order valence-corrected chi connectivity index (χ2v) is 6.31. The van der Waals surface area contributed by atoms with Gasteiger partial charge in [-0.3, -0.25) is 9.69 Å². The van der Waals surface area contributed by atoms with Gasteiger partial charge in [0.1, 0.15) is 0 Å². The van der Waals surface area contributed by atoms with E-state index in [0.29, 0.717) is 12.2 Å². The van der Waals surface area contributed by atoms with Crippen LogP contribution in [-0.2, 0) is 17.8 Å². The molecule has 1 unspecified atom stereocenters. The first-order valence-corrected chi connectivity index (χ1v) is 8.24. The van der Waals surface area contributed by atoms with E-state index in [1.807, 2.05) is 31.2 Å². The maximum atomic E-state index is 12.4. The molecule has 1 aliphatic heterocycles. The molecule has 0 bridgehead atoms. The summed E-state index contributed by atoms with van der Waals surface area (Å²) >= 11 is 0. The third-order valence-electron chi connectivity index (χ3n) is 4.18. The fraction of sp³-hybridized carbons (Fsp3) is 0.350. The SMILES string of the molecule is C=C/C(=C\C=C/C)NC(=O)C(C)(O)CN1CCc2ccccc2C1. The lowest BCUT2D eigenvalue weighted by molar-refractivity contribution is -0.139. The number of carbonyl (C=O) groups is 1. The van der Waals surface area contributed by atoms with Crippen molar-refractivity contribution in [2.24, 2.45) is 0 Å². The molecule has 4 nitrogen and oxygen atoms in total. The number of aliphatic hydroxyl groups is 1. The fourth-order valence-electron chi connectivity index (χ4n) is 2.82. The van der Waals surface area contributed by atoms with Crippen LogP contribution in [0.5, 0.6) is 0 Å². The van der Waals surface area contributed by atoms with Crippen molar-refractivity contribution in [2.75, 3.05) is 13.1 Å². The highest BCUT2D eigenvalue weighted by Gasteiger charge is 2.33. The van der Waals surface area contributed by atoms with Gasteiger partial charge in [-0.05, 0) is 43.5 Å². The molecule has 0 radical (unpaired) electrons. The van der Waals surface area contributed by atoms with E-state index in [-0.39, 0.29) is 0 Å². The molecule has 1 aliphatic rings. The van der Waals surface area contributed by atoms with Gasteiger partial charge < -0.3 is 10.4 Å². The van der Waals surface area contributed by atoms with E-state index < -0.39 is 11.5 Å². The van der Waals surface area contributed by atoms with E-state index in [1.165, 1.54) is 11.1 Å². The Kier molecular flexibility index (Phi) is 6.12. The first-order chi connectivity index (χ1) is 11.5. The summed E-state index contributed by atoms with van der Waals surface area (Å²) in [5.41, 5.74) is 1.72. The predicted octanol–water partition coefficient (Wildman–Crippen LogP) is 2.56. The van der Waals surface area contributed by atoms with Gasteiger partial charge in [-0.25, -0.2) is 0 Å². The lowest BCUT2D eigenvalue weighted by Gasteiger charge is -2.34. The number of carbonyl (C=O) groups excluding carboxylic acids is 1. The molecule has 2 N–H and O–H groups in total. The molecule has 128 valence electrons. The molecule has 4 heteroatoms. The van der Waals surface area contributed by atoms with Crippen LogP contribution >= 0.6 is 0 Å². The third kappa shape index (κ3) is 4.66. The van der Waals surface area contributed by atoms with Crippen LogP contribution in [0.4, 0.5) is 0 Å². The van der Waals surface area contributed by atoms with Crippen LogP contribution in [0, 0.1) is 0 Å². The molecule has 0 aromatic heterocycles. The lowest BCUT2D eigenvalue weighted by Crippen LogP contribution is -2.52. The molecule has 0 saturated carbocycles. The zero-order valence-corrected chi connectivity index (χ0v) is 14.5. The molecule has 1 atom stereocenters. The molecule has 1 heterocycles. The Labute approximate surface area is 144 Å². The van der Waals surface area contributed by atoms with Crippen molar-refractivity contribution in [1.82, 2.24) is 10.2 Å². The van der Waals surface area contributed by atoms with Crippen molar-refractivity contribution in [3.8, 4) is 0 Å². The maximum Gasteiger partial charge on any atom is 0.257 e. The third-order valence-corrected chi connectivity index (χ3v) is 4.18. The van der Waals surface area contributed by atoms with E-state index in [2.05, 4.69) is 28.9 Å². The van der Waals surface area contributed by atoms with Crippen molar-refractivity contribution in [1.29, 1.82) is 0 Å². The predicted molar refractivity (Wildman–Crippen MR) is 97.3 cm³/mol. The van der Waals surface area contributed by atoms with Crippen LogP contribution in [0.2, 0.25) is 0 Å². The Morgan fingerprint density at radius 3 is 2.79 bits per heavy atom. The van der Waals surface area contributed by atoms with Crippen molar-refractivity contribution < 1.29 is 9.90 Å². The molecule has 1 aromatic carbocycles. The van der Waals surface area contributed by atoms with Gasteiger partial charge in [-0.2, -0.15) is 0 Å². The van der Waals surface area contributed by atoms with Gasteiger partial charge in [0.25, 0.3) is 5.91 Å². The molecule has 0 spiro atoms. The molecular weight excluding hydrogens is 300 g/mol. The van der Waals surface area contributed by atoms with Gasteiger partial charge >= 0.3 is 0 Å². The summed E-state index contributed by atoms with van der Waals surface area (Å²) in [6.45, 7) is 9.01. The Morgan fingerprint density at radius 1 is 1.42 bits per heavy atom. The number of β-amino-alcohol motifs (C(OH)–C–C–N with tert-alkyl or cyclic N) is 1. The molecule has 0 aliphatic carbocycles. The van der Waals surface area contributed by atoms with Crippen LogP contribution in [0.25, 0.3) is 0 Å². The number of benzene rings is 1. The number of hydrogen-bond donors (Lipinski definition) is 2. The number of nitrogens with zero attached hydrogens (tertiary/aromatic N) is 1.